The lowest BCUT2D eigenvalue weighted by atomic mass is 9.85. The maximum Gasteiger partial charge on any atom is 0.307 e. The summed E-state index contributed by atoms with van der Waals surface area (Å²) in [7, 11) is -3.75. The Morgan fingerprint density at radius 3 is 2.25 bits per heavy atom. The maximum atomic E-state index is 13.2. The van der Waals surface area contributed by atoms with Crippen LogP contribution in [0.3, 0.4) is 0 Å². The second kappa shape index (κ2) is 8.90. The highest BCUT2D eigenvalue weighted by Gasteiger charge is 2.44. The summed E-state index contributed by atoms with van der Waals surface area (Å²) >= 11 is 0. The van der Waals surface area contributed by atoms with Gasteiger partial charge in [-0.2, -0.15) is 4.31 Å². The number of carboxylic acids is 1. The van der Waals surface area contributed by atoms with E-state index in [0.717, 1.165) is 10.8 Å². The molecule has 1 aliphatic heterocycles. The highest BCUT2D eigenvalue weighted by atomic mass is 32.2. The van der Waals surface area contributed by atoms with Crippen molar-refractivity contribution < 1.29 is 28.2 Å². The van der Waals surface area contributed by atoms with Crippen molar-refractivity contribution in [2.24, 2.45) is 0 Å². The number of aliphatic hydroxyl groups is 1. The largest absolute Gasteiger partial charge is 0.487 e. The Labute approximate surface area is 186 Å². The fraction of sp³-hybridized carbons (Fsp3) is 0.292. The molecule has 7 nitrogen and oxygen atoms in total. The second-order valence-corrected chi connectivity index (χ2v) is 9.97. The molecule has 1 atom stereocenters. The third-order valence-corrected chi connectivity index (χ3v) is 7.82. The number of nitrogens with zero attached hydrogens (tertiary/aromatic N) is 1. The van der Waals surface area contributed by atoms with Crippen molar-refractivity contribution in [2.75, 3.05) is 13.1 Å². The van der Waals surface area contributed by atoms with E-state index in [1.807, 2.05) is 30.3 Å². The fourth-order valence-electron chi connectivity index (χ4n) is 4.08. The molecule has 1 unspecified atom stereocenters. The number of ether oxygens (including phenoxy) is 1. The van der Waals surface area contributed by atoms with Gasteiger partial charge in [0.05, 0.1) is 11.3 Å². The summed E-state index contributed by atoms with van der Waals surface area (Å²) in [5.41, 5.74) is -1.45. The van der Waals surface area contributed by atoms with E-state index in [0.29, 0.717) is 5.75 Å². The summed E-state index contributed by atoms with van der Waals surface area (Å²) in [6.07, 6.45) is -1.23. The zero-order valence-electron chi connectivity index (χ0n) is 17.4. The number of hydrogen-bond acceptors (Lipinski definition) is 5. The molecule has 0 amide bonds. The molecule has 3 aromatic carbocycles. The van der Waals surface area contributed by atoms with Crippen molar-refractivity contribution in [1.82, 2.24) is 4.31 Å². The zero-order valence-corrected chi connectivity index (χ0v) is 18.2. The molecule has 0 aliphatic carbocycles. The minimum Gasteiger partial charge on any atom is -0.487 e. The molecule has 8 heteroatoms. The van der Waals surface area contributed by atoms with Gasteiger partial charge in [0.1, 0.15) is 17.5 Å². The molecule has 0 spiro atoms. The number of rotatable bonds is 7. The lowest BCUT2D eigenvalue weighted by Gasteiger charge is -2.41. The summed E-state index contributed by atoms with van der Waals surface area (Å²) < 4.78 is 33.6. The van der Waals surface area contributed by atoms with Crippen molar-refractivity contribution >= 4 is 26.8 Å². The third kappa shape index (κ3) is 4.62. The van der Waals surface area contributed by atoms with Crippen molar-refractivity contribution in [3.05, 3.63) is 72.8 Å². The lowest BCUT2D eigenvalue weighted by molar-refractivity contribution is -0.146. The molecule has 1 aliphatic rings. The van der Waals surface area contributed by atoms with Crippen LogP contribution in [0.4, 0.5) is 0 Å². The van der Waals surface area contributed by atoms with Crippen molar-refractivity contribution in [3.8, 4) is 5.75 Å². The van der Waals surface area contributed by atoms with E-state index < -0.39 is 27.7 Å². The van der Waals surface area contributed by atoms with Crippen LogP contribution in [0.5, 0.6) is 5.75 Å². The number of para-hydroxylation sites is 1. The van der Waals surface area contributed by atoms with Crippen LogP contribution in [0.25, 0.3) is 10.8 Å². The van der Waals surface area contributed by atoms with Gasteiger partial charge in [0.25, 0.3) is 0 Å². The standard InChI is InChI=1S/C24H25NO6S/c26-23(27)17-22(31-20-8-2-1-3-9-20)24(28)12-14-25(15-13-24)32(29,30)21-11-10-18-6-4-5-7-19(18)16-21/h1-11,16,22,28H,12-15,17H2,(H,26,27). The Kier molecular flexibility index (Phi) is 6.19. The molecule has 1 heterocycles. The average Bonchev–Trinajstić information content (AvgIpc) is 2.79. The van der Waals surface area contributed by atoms with Gasteiger partial charge in [-0.05, 0) is 47.9 Å². The fourth-order valence-corrected chi connectivity index (χ4v) is 5.55. The predicted molar refractivity (Wildman–Crippen MR) is 120 cm³/mol. The Hall–Kier alpha value is -2.94. The SMILES string of the molecule is O=C(O)CC(Oc1ccccc1)C1(O)CCN(S(=O)(=O)c2ccc3ccccc3c2)CC1. The summed E-state index contributed by atoms with van der Waals surface area (Å²) in [4.78, 5) is 11.6. The molecule has 32 heavy (non-hydrogen) atoms. The van der Waals surface area contributed by atoms with Crippen LogP contribution in [0, 0.1) is 0 Å². The maximum absolute atomic E-state index is 13.2. The van der Waals surface area contributed by atoms with Crippen LogP contribution < -0.4 is 4.74 Å². The topological polar surface area (TPSA) is 104 Å². The highest BCUT2D eigenvalue weighted by Crippen LogP contribution is 2.33. The van der Waals surface area contributed by atoms with Crippen LogP contribution in [0.1, 0.15) is 19.3 Å². The molecule has 0 aromatic heterocycles. The molecule has 168 valence electrons. The smallest absolute Gasteiger partial charge is 0.307 e. The zero-order chi connectivity index (χ0) is 22.8. The van der Waals surface area contributed by atoms with Gasteiger partial charge in [-0.15, -0.1) is 0 Å². The highest BCUT2D eigenvalue weighted by molar-refractivity contribution is 7.89. The number of carboxylic acid groups (broad SMARTS) is 1. The van der Waals surface area contributed by atoms with Gasteiger partial charge in [-0.3, -0.25) is 4.79 Å². The van der Waals surface area contributed by atoms with Crippen LogP contribution in [-0.4, -0.2) is 53.7 Å². The summed E-state index contributed by atoms with van der Waals surface area (Å²) in [5.74, 6) is -0.635. The van der Waals surface area contributed by atoms with Crippen LogP contribution in [-0.2, 0) is 14.8 Å². The van der Waals surface area contributed by atoms with E-state index in [1.54, 1.807) is 42.5 Å². The van der Waals surface area contributed by atoms with Gasteiger partial charge in [-0.1, -0.05) is 48.5 Å². The quantitative estimate of drug-likeness (QED) is 0.567. The summed E-state index contributed by atoms with van der Waals surface area (Å²) in [6, 6.07) is 21.3. The van der Waals surface area contributed by atoms with Crippen molar-refractivity contribution in [3.63, 3.8) is 0 Å². The Morgan fingerprint density at radius 2 is 1.59 bits per heavy atom. The number of sulfonamides is 1. The number of benzene rings is 3. The molecule has 0 radical (unpaired) electrons. The first-order valence-electron chi connectivity index (χ1n) is 10.4. The number of aliphatic carboxylic acids is 1. The Morgan fingerprint density at radius 1 is 0.969 bits per heavy atom. The normalized spacial score (nSPS) is 17.7. The minimum atomic E-state index is -3.75. The van der Waals surface area contributed by atoms with Gasteiger partial charge >= 0.3 is 5.97 Å². The van der Waals surface area contributed by atoms with E-state index in [1.165, 1.54) is 4.31 Å². The Bertz CT molecular complexity index is 1200. The van der Waals surface area contributed by atoms with E-state index in [4.69, 9.17) is 4.74 Å². The van der Waals surface area contributed by atoms with E-state index >= 15 is 0 Å². The number of carbonyl (C=O) groups is 1. The summed E-state index contributed by atoms with van der Waals surface area (Å²) in [5, 5.41) is 22.3. The molecule has 3 aromatic rings. The minimum absolute atomic E-state index is 0.0694. The number of piperidine rings is 1. The molecule has 0 bridgehead atoms. The Balaban J connectivity index is 1.52. The lowest BCUT2D eigenvalue weighted by Crippen LogP contribution is -2.55. The third-order valence-electron chi connectivity index (χ3n) is 5.93. The van der Waals surface area contributed by atoms with Crippen molar-refractivity contribution in [1.29, 1.82) is 0 Å². The first-order valence-corrected chi connectivity index (χ1v) is 11.9. The molecule has 0 saturated carbocycles. The molecule has 2 N–H and O–H groups in total. The number of hydrogen-bond donors (Lipinski definition) is 2. The molecular formula is C24H25NO6S. The molecule has 4 rings (SSSR count). The van der Waals surface area contributed by atoms with Crippen LogP contribution in [0.2, 0.25) is 0 Å². The molecule has 1 saturated heterocycles. The second-order valence-electron chi connectivity index (χ2n) is 8.03. The van der Waals surface area contributed by atoms with Gasteiger partial charge in [0, 0.05) is 13.1 Å². The van der Waals surface area contributed by atoms with Gasteiger partial charge in [0.2, 0.25) is 10.0 Å². The van der Waals surface area contributed by atoms with Gasteiger partial charge < -0.3 is 14.9 Å². The molecule has 1 fully saturated rings. The summed E-state index contributed by atoms with van der Waals surface area (Å²) in [6.45, 7) is 0.139. The first kappa shape index (κ1) is 22.3. The predicted octanol–water partition coefficient (Wildman–Crippen LogP) is 3.28. The average molecular weight is 456 g/mol. The first-order chi connectivity index (χ1) is 15.3. The van der Waals surface area contributed by atoms with Gasteiger partial charge in [0.15, 0.2) is 0 Å². The monoisotopic (exact) mass is 455 g/mol. The van der Waals surface area contributed by atoms with Gasteiger partial charge in [-0.25, -0.2) is 8.42 Å². The van der Waals surface area contributed by atoms with E-state index in [9.17, 15) is 23.4 Å². The van der Waals surface area contributed by atoms with E-state index in [2.05, 4.69) is 0 Å². The van der Waals surface area contributed by atoms with Crippen LogP contribution in [0.15, 0.2) is 77.7 Å². The molecular weight excluding hydrogens is 430 g/mol. The van der Waals surface area contributed by atoms with E-state index in [-0.39, 0.29) is 37.2 Å². The number of fused-ring (bicyclic) bond motifs is 1. The van der Waals surface area contributed by atoms with Crippen LogP contribution >= 0.6 is 0 Å². The van der Waals surface area contributed by atoms with Crippen molar-refractivity contribution in [2.45, 2.75) is 35.9 Å².